The summed E-state index contributed by atoms with van der Waals surface area (Å²) in [7, 11) is 1.45. The maximum absolute atomic E-state index is 13.1. The number of nitrogens with zero attached hydrogens (tertiary/aromatic N) is 2. The maximum atomic E-state index is 13.1. The predicted octanol–water partition coefficient (Wildman–Crippen LogP) is 6.97. The minimum atomic E-state index is -0.310. The van der Waals surface area contributed by atoms with Gasteiger partial charge in [0, 0.05) is 22.2 Å². The van der Waals surface area contributed by atoms with Gasteiger partial charge in [0.05, 0.1) is 24.1 Å². The molecule has 1 aliphatic carbocycles. The van der Waals surface area contributed by atoms with E-state index >= 15 is 0 Å². The molecule has 0 fully saturated rings. The first-order valence-corrected chi connectivity index (χ1v) is 12.9. The molecule has 1 aromatic heterocycles. The number of hydrogen-bond acceptors (Lipinski definition) is 4. The molecule has 5 heteroatoms. The van der Waals surface area contributed by atoms with Gasteiger partial charge in [0.15, 0.2) is 0 Å². The van der Waals surface area contributed by atoms with Crippen LogP contribution >= 0.6 is 11.8 Å². The Morgan fingerprint density at radius 3 is 2.49 bits per heavy atom. The van der Waals surface area contributed by atoms with Crippen LogP contribution in [0.1, 0.15) is 21.6 Å². The van der Waals surface area contributed by atoms with Crippen LogP contribution in [0, 0.1) is 0 Å². The summed E-state index contributed by atoms with van der Waals surface area (Å²) in [6, 6.07) is 27.2. The lowest BCUT2D eigenvalue weighted by molar-refractivity contribution is 0.0597. The number of carbonyl (C=O) groups is 1. The van der Waals surface area contributed by atoms with Crippen molar-refractivity contribution in [1.82, 2.24) is 9.78 Å². The third kappa shape index (κ3) is 3.55. The fourth-order valence-corrected chi connectivity index (χ4v) is 5.81. The molecular formula is C30H24N2O2S. The van der Waals surface area contributed by atoms with Gasteiger partial charge in [-0.25, -0.2) is 9.48 Å². The second-order valence-electron chi connectivity index (χ2n) is 8.64. The molecule has 0 aliphatic heterocycles. The van der Waals surface area contributed by atoms with Crippen LogP contribution < -0.4 is 0 Å². The number of esters is 1. The number of aryl methyl sites for hydroxylation is 1. The highest BCUT2D eigenvalue weighted by molar-refractivity contribution is 7.98. The smallest absolute Gasteiger partial charge is 0.339 e. The molecule has 1 heterocycles. The molecule has 1 aliphatic rings. The van der Waals surface area contributed by atoms with Crippen LogP contribution in [0.15, 0.2) is 90.0 Å². The number of aromatic nitrogens is 2. The van der Waals surface area contributed by atoms with E-state index in [-0.39, 0.29) is 5.97 Å². The molecule has 0 spiro atoms. The minimum absolute atomic E-state index is 0.310. The van der Waals surface area contributed by atoms with E-state index < -0.39 is 0 Å². The molecule has 0 atom stereocenters. The van der Waals surface area contributed by atoms with Crippen LogP contribution in [-0.2, 0) is 17.6 Å². The largest absolute Gasteiger partial charge is 0.465 e. The molecule has 35 heavy (non-hydrogen) atoms. The number of carbonyl (C=O) groups excluding carboxylic acids is 1. The summed E-state index contributed by atoms with van der Waals surface area (Å²) >= 11 is 1.58. The van der Waals surface area contributed by atoms with Gasteiger partial charge in [-0.2, -0.15) is 5.10 Å². The van der Waals surface area contributed by atoms with E-state index in [1.807, 2.05) is 41.3 Å². The van der Waals surface area contributed by atoms with Crippen molar-refractivity contribution in [1.29, 1.82) is 0 Å². The van der Waals surface area contributed by atoms with Crippen LogP contribution in [0.25, 0.3) is 38.7 Å². The zero-order valence-corrected chi connectivity index (χ0v) is 20.4. The molecule has 0 bridgehead atoms. The lowest BCUT2D eigenvalue weighted by Crippen LogP contribution is -2.13. The number of ether oxygens (including phenoxy) is 1. The fraction of sp³-hybridized carbons (Fsp3) is 0.133. The van der Waals surface area contributed by atoms with Gasteiger partial charge >= 0.3 is 5.97 Å². The second-order valence-corrected chi connectivity index (χ2v) is 9.49. The number of hydrogen-bond donors (Lipinski definition) is 0. The van der Waals surface area contributed by atoms with Crippen molar-refractivity contribution in [3.8, 4) is 27.9 Å². The number of benzene rings is 4. The van der Waals surface area contributed by atoms with E-state index in [2.05, 4.69) is 54.7 Å². The molecule has 0 unspecified atom stereocenters. The van der Waals surface area contributed by atoms with Gasteiger partial charge in [0.2, 0.25) is 0 Å². The summed E-state index contributed by atoms with van der Waals surface area (Å²) in [4.78, 5) is 14.1. The third-order valence-corrected chi connectivity index (χ3v) is 7.54. The van der Waals surface area contributed by atoms with E-state index in [9.17, 15) is 4.79 Å². The summed E-state index contributed by atoms with van der Waals surface area (Å²) in [5.74, 6) is -0.310. The number of para-hydroxylation sites is 1. The highest BCUT2D eigenvalue weighted by atomic mass is 32.2. The van der Waals surface area contributed by atoms with E-state index in [1.54, 1.807) is 11.8 Å². The molecule has 5 aromatic rings. The Morgan fingerprint density at radius 1 is 0.914 bits per heavy atom. The van der Waals surface area contributed by atoms with E-state index in [1.165, 1.54) is 34.6 Å². The standard InChI is InChI=1S/C30H24N2O2S/c1-34-30(33)29-27(35-2)17-24(22-14-8-10-19-9-6-7-13-21(19)22)23-15-16-26-25(28(23)29)18-32(31-26)20-11-4-3-5-12-20/h3-14,17-18H,15-16H2,1-2H3. The minimum Gasteiger partial charge on any atom is -0.465 e. The fourth-order valence-electron chi connectivity index (χ4n) is 5.18. The predicted molar refractivity (Wildman–Crippen MR) is 142 cm³/mol. The number of rotatable bonds is 4. The van der Waals surface area contributed by atoms with Crippen molar-refractivity contribution >= 4 is 28.5 Å². The molecular weight excluding hydrogens is 452 g/mol. The van der Waals surface area contributed by atoms with Gasteiger partial charge < -0.3 is 4.74 Å². The summed E-state index contributed by atoms with van der Waals surface area (Å²) in [5.41, 5.74) is 8.14. The molecule has 4 nitrogen and oxygen atoms in total. The number of methoxy groups -OCH3 is 1. The lowest BCUT2D eigenvalue weighted by Gasteiger charge is -2.24. The van der Waals surface area contributed by atoms with Crippen LogP contribution in [0.2, 0.25) is 0 Å². The topological polar surface area (TPSA) is 44.1 Å². The molecule has 0 N–H and O–H groups in total. The summed E-state index contributed by atoms with van der Waals surface area (Å²) in [5, 5.41) is 7.32. The average molecular weight is 477 g/mol. The molecule has 0 radical (unpaired) electrons. The van der Waals surface area contributed by atoms with E-state index in [4.69, 9.17) is 9.84 Å². The maximum Gasteiger partial charge on any atom is 0.339 e. The van der Waals surface area contributed by atoms with Crippen LogP contribution in [0.5, 0.6) is 0 Å². The third-order valence-electron chi connectivity index (χ3n) is 6.78. The Morgan fingerprint density at radius 2 is 1.69 bits per heavy atom. The monoisotopic (exact) mass is 476 g/mol. The first-order valence-electron chi connectivity index (χ1n) is 11.6. The SMILES string of the molecule is COC(=O)c1c(SC)cc(-c2cccc3ccccc23)c2c1-c1cn(-c3ccccc3)nc1CC2. The first-order chi connectivity index (χ1) is 17.2. The molecule has 172 valence electrons. The van der Waals surface area contributed by atoms with Crippen molar-refractivity contribution in [3.63, 3.8) is 0 Å². The van der Waals surface area contributed by atoms with Crippen molar-refractivity contribution < 1.29 is 9.53 Å². The van der Waals surface area contributed by atoms with Crippen molar-refractivity contribution in [2.75, 3.05) is 13.4 Å². The second kappa shape index (κ2) is 8.75. The zero-order chi connectivity index (χ0) is 23.9. The Kier molecular flexibility index (Phi) is 5.42. The molecule has 4 aromatic carbocycles. The Labute approximate surface area is 208 Å². The summed E-state index contributed by atoms with van der Waals surface area (Å²) in [6.45, 7) is 0. The van der Waals surface area contributed by atoms with Crippen molar-refractivity contribution in [2.45, 2.75) is 17.7 Å². The van der Waals surface area contributed by atoms with Crippen LogP contribution in [0.4, 0.5) is 0 Å². The van der Waals surface area contributed by atoms with E-state index in [0.29, 0.717) is 5.56 Å². The van der Waals surface area contributed by atoms with Gasteiger partial charge in [0.1, 0.15) is 0 Å². The van der Waals surface area contributed by atoms with Gasteiger partial charge in [-0.1, -0.05) is 60.7 Å². The van der Waals surface area contributed by atoms with Crippen LogP contribution in [0.3, 0.4) is 0 Å². The van der Waals surface area contributed by atoms with Crippen molar-refractivity contribution in [3.05, 3.63) is 102 Å². The first kappa shape index (κ1) is 21.7. The normalized spacial score (nSPS) is 12.3. The van der Waals surface area contributed by atoms with E-state index in [0.717, 1.165) is 40.2 Å². The van der Waals surface area contributed by atoms with Gasteiger partial charge in [-0.3, -0.25) is 0 Å². The summed E-state index contributed by atoms with van der Waals surface area (Å²) in [6.07, 6.45) is 5.70. The highest BCUT2D eigenvalue weighted by Crippen LogP contribution is 2.46. The average Bonchev–Trinajstić information content (AvgIpc) is 3.37. The Balaban J connectivity index is 1.67. The zero-order valence-electron chi connectivity index (χ0n) is 19.6. The molecule has 6 rings (SSSR count). The lowest BCUT2D eigenvalue weighted by atomic mass is 9.81. The highest BCUT2D eigenvalue weighted by Gasteiger charge is 2.31. The number of fused-ring (bicyclic) bond motifs is 4. The Bertz CT molecular complexity index is 1580. The molecule has 0 amide bonds. The number of thioether (sulfide) groups is 1. The summed E-state index contributed by atoms with van der Waals surface area (Å²) < 4.78 is 7.21. The molecule has 0 saturated carbocycles. The Hall–Kier alpha value is -3.83. The van der Waals surface area contributed by atoms with Crippen molar-refractivity contribution in [2.24, 2.45) is 0 Å². The van der Waals surface area contributed by atoms with Gasteiger partial charge in [0.25, 0.3) is 0 Å². The van der Waals surface area contributed by atoms with Gasteiger partial charge in [-0.15, -0.1) is 11.8 Å². The molecule has 0 saturated heterocycles. The van der Waals surface area contributed by atoms with Gasteiger partial charge in [-0.05, 0) is 64.8 Å². The quantitative estimate of drug-likeness (QED) is 0.208. The van der Waals surface area contributed by atoms with Crippen LogP contribution in [-0.4, -0.2) is 29.1 Å².